The van der Waals surface area contributed by atoms with E-state index in [0.29, 0.717) is 5.56 Å². The summed E-state index contributed by atoms with van der Waals surface area (Å²) in [5, 5.41) is 13.4. The van der Waals surface area contributed by atoms with Crippen LogP contribution in [0.15, 0.2) is 30.3 Å². The van der Waals surface area contributed by atoms with Crippen molar-refractivity contribution >= 4 is 10.0 Å². The predicted molar refractivity (Wildman–Crippen MR) is 93.8 cm³/mol. The molecule has 0 saturated heterocycles. The molecule has 0 amide bonds. The fourth-order valence-electron chi connectivity index (χ4n) is 2.96. The first kappa shape index (κ1) is 17.6. The number of rotatable bonds is 5. The molecule has 0 radical (unpaired) electrons. The van der Waals surface area contributed by atoms with Gasteiger partial charge in [0.2, 0.25) is 10.0 Å². The van der Waals surface area contributed by atoms with Crippen LogP contribution in [0, 0.1) is 11.3 Å². The zero-order chi connectivity index (χ0) is 17.9. The first-order chi connectivity index (χ1) is 11.9. The minimum atomic E-state index is -3.22. The molecule has 1 N–H and O–H groups in total. The SMILES string of the molecule is CS(=O)(=O)NCc1cc2n(n1)CCCN(Cc1ccc(C#N)cc1)C2. The number of aromatic nitrogens is 2. The summed E-state index contributed by atoms with van der Waals surface area (Å²) < 4.78 is 26.9. The predicted octanol–water partition coefficient (Wildman–Crippen LogP) is 1.21. The second-order valence-electron chi connectivity index (χ2n) is 6.32. The minimum Gasteiger partial charge on any atom is -0.293 e. The van der Waals surface area contributed by atoms with Crippen molar-refractivity contribution in [3.05, 3.63) is 52.8 Å². The van der Waals surface area contributed by atoms with Gasteiger partial charge in [0.15, 0.2) is 0 Å². The maximum absolute atomic E-state index is 11.2. The fourth-order valence-corrected chi connectivity index (χ4v) is 3.37. The summed E-state index contributed by atoms with van der Waals surface area (Å²) in [5.74, 6) is 0. The van der Waals surface area contributed by atoms with Gasteiger partial charge in [-0.05, 0) is 30.2 Å². The highest BCUT2D eigenvalue weighted by molar-refractivity contribution is 7.88. The van der Waals surface area contributed by atoms with Gasteiger partial charge in [0.05, 0.1) is 35.8 Å². The van der Waals surface area contributed by atoms with Crippen molar-refractivity contribution < 1.29 is 8.42 Å². The molecule has 1 aliphatic rings. The van der Waals surface area contributed by atoms with Gasteiger partial charge in [-0.25, -0.2) is 13.1 Å². The second kappa shape index (κ2) is 7.35. The van der Waals surface area contributed by atoms with Gasteiger partial charge in [0, 0.05) is 26.2 Å². The largest absolute Gasteiger partial charge is 0.293 e. The summed E-state index contributed by atoms with van der Waals surface area (Å²) in [6.45, 7) is 3.60. The van der Waals surface area contributed by atoms with Crippen LogP contribution in [0.2, 0.25) is 0 Å². The molecule has 1 aromatic carbocycles. The normalized spacial score (nSPS) is 15.4. The number of sulfonamides is 1. The molecule has 1 aliphatic heterocycles. The number of benzene rings is 1. The van der Waals surface area contributed by atoms with E-state index >= 15 is 0 Å². The molecule has 7 nitrogen and oxygen atoms in total. The standard InChI is InChI=1S/C17H21N5O2S/c1-25(23,24)19-11-16-9-17-13-21(7-2-8-22(17)20-16)12-15-5-3-14(10-18)4-6-15/h3-6,9,19H,2,7-8,11-13H2,1H3. The highest BCUT2D eigenvalue weighted by Gasteiger charge is 2.17. The van der Waals surface area contributed by atoms with Crippen molar-refractivity contribution in [3.63, 3.8) is 0 Å². The lowest BCUT2D eigenvalue weighted by atomic mass is 10.1. The summed E-state index contributed by atoms with van der Waals surface area (Å²) in [4.78, 5) is 2.34. The third-order valence-electron chi connectivity index (χ3n) is 4.15. The monoisotopic (exact) mass is 359 g/mol. The van der Waals surface area contributed by atoms with Crippen LogP contribution in [0.3, 0.4) is 0 Å². The van der Waals surface area contributed by atoms with E-state index in [9.17, 15) is 8.42 Å². The maximum atomic E-state index is 11.2. The van der Waals surface area contributed by atoms with Crippen molar-refractivity contribution in [3.8, 4) is 6.07 Å². The van der Waals surface area contributed by atoms with Crippen LogP contribution in [-0.2, 0) is 36.2 Å². The number of hydrogen-bond donors (Lipinski definition) is 1. The molecular weight excluding hydrogens is 338 g/mol. The van der Waals surface area contributed by atoms with E-state index in [-0.39, 0.29) is 6.54 Å². The highest BCUT2D eigenvalue weighted by atomic mass is 32.2. The van der Waals surface area contributed by atoms with Crippen LogP contribution < -0.4 is 4.72 Å². The van der Waals surface area contributed by atoms with Crippen molar-refractivity contribution in [2.45, 2.75) is 32.6 Å². The quantitative estimate of drug-likeness (QED) is 0.866. The van der Waals surface area contributed by atoms with Gasteiger partial charge in [0.1, 0.15) is 0 Å². The Morgan fingerprint density at radius 2 is 2.04 bits per heavy atom. The Balaban J connectivity index is 1.67. The lowest BCUT2D eigenvalue weighted by molar-refractivity contribution is 0.261. The van der Waals surface area contributed by atoms with Crippen LogP contribution in [-0.4, -0.2) is 35.9 Å². The van der Waals surface area contributed by atoms with Gasteiger partial charge in [-0.15, -0.1) is 0 Å². The van der Waals surface area contributed by atoms with Gasteiger partial charge >= 0.3 is 0 Å². The van der Waals surface area contributed by atoms with Crippen LogP contribution in [0.4, 0.5) is 0 Å². The van der Waals surface area contributed by atoms with E-state index in [0.717, 1.165) is 50.2 Å². The van der Waals surface area contributed by atoms with Crippen LogP contribution in [0.5, 0.6) is 0 Å². The molecule has 0 saturated carbocycles. The van der Waals surface area contributed by atoms with Gasteiger partial charge in [-0.1, -0.05) is 12.1 Å². The van der Waals surface area contributed by atoms with E-state index in [2.05, 4.69) is 20.8 Å². The third-order valence-corrected chi connectivity index (χ3v) is 4.82. The summed E-state index contributed by atoms with van der Waals surface area (Å²) in [5.41, 5.74) is 3.67. The molecular formula is C17H21N5O2S. The molecule has 0 fully saturated rings. The molecule has 0 bridgehead atoms. The van der Waals surface area contributed by atoms with E-state index in [1.54, 1.807) is 0 Å². The summed E-state index contributed by atoms with van der Waals surface area (Å²) in [7, 11) is -3.22. The Kier molecular flexibility index (Phi) is 5.18. The zero-order valence-electron chi connectivity index (χ0n) is 14.1. The van der Waals surface area contributed by atoms with Crippen LogP contribution >= 0.6 is 0 Å². The Morgan fingerprint density at radius 1 is 1.28 bits per heavy atom. The Bertz CT molecular complexity index is 881. The van der Waals surface area contributed by atoms with Crippen molar-refractivity contribution in [1.29, 1.82) is 5.26 Å². The molecule has 25 heavy (non-hydrogen) atoms. The third kappa shape index (κ3) is 4.89. The maximum Gasteiger partial charge on any atom is 0.209 e. The lowest BCUT2D eigenvalue weighted by Gasteiger charge is -2.19. The summed E-state index contributed by atoms with van der Waals surface area (Å²) >= 11 is 0. The Labute approximate surface area is 147 Å². The molecule has 0 spiro atoms. The zero-order valence-corrected chi connectivity index (χ0v) is 15.0. The van der Waals surface area contributed by atoms with Crippen LogP contribution in [0.25, 0.3) is 0 Å². The number of nitriles is 1. The second-order valence-corrected chi connectivity index (χ2v) is 8.15. The number of fused-ring (bicyclic) bond motifs is 1. The summed E-state index contributed by atoms with van der Waals surface area (Å²) in [6.07, 6.45) is 2.14. The van der Waals surface area contributed by atoms with Crippen LogP contribution in [0.1, 0.15) is 28.9 Å². The molecule has 1 aromatic heterocycles. The summed E-state index contributed by atoms with van der Waals surface area (Å²) in [6, 6.07) is 11.8. The fraction of sp³-hybridized carbons (Fsp3) is 0.412. The molecule has 8 heteroatoms. The van der Waals surface area contributed by atoms with Crippen molar-refractivity contribution in [1.82, 2.24) is 19.4 Å². The van der Waals surface area contributed by atoms with Crippen molar-refractivity contribution in [2.24, 2.45) is 0 Å². The van der Waals surface area contributed by atoms with Gasteiger partial charge in [-0.3, -0.25) is 9.58 Å². The van der Waals surface area contributed by atoms with E-state index in [4.69, 9.17) is 5.26 Å². The molecule has 2 aromatic rings. The Morgan fingerprint density at radius 3 is 2.72 bits per heavy atom. The number of hydrogen-bond acceptors (Lipinski definition) is 5. The Hall–Kier alpha value is -2.21. The molecule has 3 rings (SSSR count). The first-order valence-corrected chi connectivity index (χ1v) is 10.0. The van der Waals surface area contributed by atoms with Crippen molar-refractivity contribution in [2.75, 3.05) is 12.8 Å². The number of nitrogens with zero attached hydrogens (tertiary/aromatic N) is 4. The smallest absolute Gasteiger partial charge is 0.209 e. The molecule has 0 unspecified atom stereocenters. The van der Waals surface area contributed by atoms with Gasteiger partial charge in [0.25, 0.3) is 0 Å². The van der Waals surface area contributed by atoms with E-state index in [1.807, 2.05) is 35.0 Å². The topological polar surface area (TPSA) is 91.0 Å². The van der Waals surface area contributed by atoms with Gasteiger partial charge in [-0.2, -0.15) is 10.4 Å². The molecule has 0 aliphatic carbocycles. The number of nitrogens with one attached hydrogen (secondary N) is 1. The molecule has 0 atom stereocenters. The van der Waals surface area contributed by atoms with E-state index < -0.39 is 10.0 Å². The first-order valence-electron chi connectivity index (χ1n) is 8.14. The molecule has 2 heterocycles. The average Bonchev–Trinajstić information content (AvgIpc) is 2.85. The average molecular weight is 359 g/mol. The highest BCUT2D eigenvalue weighted by Crippen LogP contribution is 2.17. The molecule has 132 valence electrons. The lowest BCUT2D eigenvalue weighted by Crippen LogP contribution is -2.23. The van der Waals surface area contributed by atoms with Gasteiger partial charge < -0.3 is 0 Å². The minimum absolute atomic E-state index is 0.217. The van der Waals surface area contributed by atoms with E-state index in [1.165, 1.54) is 5.56 Å². The number of aryl methyl sites for hydroxylation is 1.